The summed E-state index contributed by atoms with van der Waals surface area (Å²) in [6, 6.07) is 1.84. The van der Waals surface area contributed by atoms with Crippen LogP contribution in [0.1, 0.15) is 25.8 Å². The Morgan fingerprint density at radius 3 is 2.53 bits per heavy atom. The summed E-state index contributed by atoms with van der Waals surface area (Å²) >= 11 is 0. The van der Waals surface area contributed by atoms with Crippen LogP contribution in [0.5, 0.6) is 0 Å². The molecule has 0 bridgehead atoms. The van der Waals surface area contributed by atoms with Crippen LogP contribution in [-0.4, -0.2) is 88.1 Å². The Morgan fingerprint density at radius 2 is 1.91 bits per heavy atom. The quantitative estimate of drug-likeness (QED) is 0.180. The summed E-state index contributed by atoms with van der Waals surface area (Å²) in [6.07, 6.45) is 8.10. The van der Waals surface area contributed by atoms with Crippen molar-refractivity contribution < 1.29 is 5.11 Å². The first-order chi connectivity index (χ1) is 15.0. The first-order valence-electron chi connectivity index (χ1n) is 11.0. The van der Waals surface area contributed by atoms with Gasteiger partial charge in [0.2, 0.25) is 5.95 Å². The SMILES string of the molecule is CCNC(=NCC(C)(O)c1cnn(C)c1)NCCCN1CCN(c2ncccn2)CC1.I. The summed E-state index contributed by atoms with van der Waals surface area (Å²) in [5.41, 5.74) is -0.298. The van der Waals surface area contributed by atoms with E-state index in [-0.39, 0.29) is 30.5 Å². The van der Waals surface area contributed by atoms with Crippen LogP contribution in [-0.2, 0) is 12.6 Å². The van der Waals surface area contributed by atoms with E-state index in [4.69, 9.17) is 0 Å². The highest BCUT2D eigenvalue weighted by Gasteiger charge is 2.24. The molecule has 2 aromatic rings. The highest BCUT2D eigenvalue weighted by atomic mass is 127. The molecule has 0 radical (unpaired) electrons. The van der Waals surface area contributed by atoms with Crippen LogP contribution in [0, 0.1) is 0 Å². The number of rotatable bonds is 9. The maximum Gasteiger partial charge on any atom is 0.225 e. The van der Waals surface area contributed by atoms with E-state index in [1.165, 1.54) is 0 Å². The molecule has 178 valence electrons. The molecule has 1 aliphatic heterocycles. The van der Waals surface area contributed by atoms with Crippen molar-refractivity contribution in [3.05, 3.63) is 36.4 Å². The first kappa shape index (κ1) is 26.3. The number of aliphatic hydroxyl groups is 1. The van der Waals surface area contributed by atoms with Gasteiger partial charge in [-0.05, 0) is 32.9 Å². The van der Waals surface area contributed by atoms with E-state index in [1.807, 2.05) is 26.2 Å². The summed E-state index contributed by atoms with van der Waals surface area (Å²) < 4.78 is 1.68. The van der Waals surface area contributed by atoms with E-state index in [0.717, 1.165) is 69.7 Å². The lowest BCUT2D eigenvalue weighted by molar-refractivity contribution is 0.0672. The molecule has 0 saturated carbocycles. The van der Waals surface area contributed by atoms with Gasteiger partial charge in [-0.15, -0.1) is 24.0 Å². The summed E-state index contributed by atoms with van der Waals surface area (Å²) in [4.78, 5) is 18.0. The Bertz CT molecular complexity index is 820. The number of nitrogens with zero attached hydrogens (tertiary/aromatic N) is 7. The van der Waals surface area contributed by atoms with Gasteiger partial charge >= 0.3 is 0 Å². The highest BCUT2D eigenvalue weighted by Crippen LogP contribution is 2.19. The van der Waals surface area contributed by atoms with Crippen molar-refractivity contribution in [3.8, 4) is 0 Å². The second-order valence-corrected chi connectivity index (χ2v) is 8.03. The Balaban J connectivity index is 0.00000363. The van der Waals surface area contributed by atoms with Gasteiger partial charge in [0.1, 0.15) is 5.60 Å². The minimum absolute atomic E-state index is 0. The molecule has 1 unspecified atom stereocenters. The zero-order chi connectivity index (χ0) is 22.1. The van der Waals surface area contributed by atoms with E-state index in [1.54, 1.807) is 30.2 Å². The van der Waals surface area contributed by atoms with Crippen molar-refractivity contribution in [1.82, 2.24) is 35.3 Å². The van der Waals surface area contributed by atoms with Crippen LogP contribution in [0.25, 0.3) is 0 Å². The van der Waals surface area contributed by atoms with Gasteiger partial charge in [-0.25, -0.2) is 15.0 Å². The molecule has 3 heterocycles. The van der Waals surface area contributed by atoms with Gasteiger partial charge in [0.25, 0.3) is 0 Å². The molecule has 0 aromatic carbocycles. The molecule has 11 heteroatoms. The fraction of sp³-hybridized carbons (Fsp3) is 0.619. The van der Waals surface area contributed by atoms with Gasteiger partial charge in [0, 0.05) is 70.5 Å². The van der Waals surface area contributed by atoms with E-state index in [9.17, 15) is 5.11 Å². The Hall–Kier alpha value is -1.99. The fourth-order valence-corrected chi connectivity index (χ4v) is 3.50. The van der Waals surface area contributed by atoms with Crippen molar-refractivity contribution in [2.24, 2.45) is 12.0 Å². The van der Waals surface area contributed by atoms with Crippen LogP contribution in [0.2, 0.25) is 0 Å². The molecule has 3 N–H and O–H groups in total. The Kier molecular flexibility index (Phi) is 10.6. The number of anilines is 1. The maximum atomic E-state index is 10.7. The number of halogens is 1. The second-order valence-electron chi connectivity index (χ2n) is 8.03. The molecule has 0 aliphatic carbocycles. The number of guanidine groups is 1. The number of piperazine rings is 1. The Morgan fingerprint density at radius 1 is 1.19 bits per heavy atom. The molecular weight excluding hydrogens is 521 g/mol. The number of hydrogen-bond donors (Lipinski definition) is 3. The summed E-state index contributed by atoms with van der Waals surface area (Å²) in [5.74, 6) is 1.54. The van der Waals surface area contributed by atoms with Crippen LogP contribution in [0.3, 0.4) is 0 Å². The predicted molar refractivity (Wildman–Crippen MR) is 137 cm³/mol. The third-order valence-electron chi connectivity index (χ3n) is 5.37. The van der Waals surface area contributed by atoms with Crippen LogP contribution >= 0.6 is 24.0 Å². The molecule has 1 saturated heterocycles. The number of nitrogens with one attached hydrogen (secondary N) is 2. The number of aliphatic imine (C=N–C) groups is 1. The lowest BCUT2D eigenvalue weighted by atomic mass is 10.0. The summed E-state index contributed by atoms with van der Waals surface area (Å²) in [7, 11) is 1.84. The van der Waals surface area contributed by atoms with Gasteiger partial charge < -0.3 is 20.6 Å². The van der Waals surface area contributed by atoms with E-state index in [2.05, 4.69) is 40.5 Å². The number of aromatic nitrogens is 4. The van der Waals surface area contributed by atoms with Crippen molar-refractivity contribution in [2.45, 2.75) is 25.9 Å². The van der Waals surface area contributed by atoms with E-state index < -0.39 is 5.60 Å². The number of hydrogen-bond acceptors (Lipinski definition) is 7. The maximum absolute atomic E-state index is 10.7. The normalized spacial score (nSPS) is 16.9. The zero-order valence-electron chi connectivity index (χ0n) is 19.2. The zero-order valence-corrected chi connectivity index (χ0v) is 21.6. The third kappa shape index (κ3) is 7.85. The molecule has 10 nitrogen and oxygen atoms in total. The van der Waals surface area contributed by atoms with Crippen LogP contribution < -0.4 is 15.5 Å². The van der Waals surface area contributed by atoms with E-state index in [0.29, 0.717) is 0 Å². The molecular formula is C21H36IN9O. The molecule has 2 aromatic heterocycles. The average molecular weight is 557 g/mol. The van der Waals surface area contributed by atoms with Crippen molar-refractivity contribution in [1.29, 1.82) is 0 Å². The largest absolute Gasteiger partial charge is 0.383 e. The highest BCUT2D eigenvalue weighted by molar-refractivity contribution is 14.0. The smallest absolute Gasteiger partial charge is 0.225 e. The van der Waals surface area contributed by atoms with Gasteiger partial charge in [-0.2, -0.15) is 5.10 Å². The minimum Gasteiger partial charge on any atom is -0.383 e. The van der Waals surface area contributed by atoms with Crippen LogP contribution in [0.4, 0.5) is 5.95 Å². The van der Waals surface area contributed by atoms with Crippen molar-refractivity contribution in [2.75, 3.05) is 57.3 Å². The number of aryl methyl sites for hydroxylation is 1. The molecule has 1 fully saturated rings. The first-order valence-corrected chi connectivity index (χ1v) is 11.0. The van der Waals surface area contributed by atoms with Crippen LogP contribution in [0.15, 0.2) is 35.8 Å². The molecule has 0 spiro atoms. The summed E-state index contributed by atoms with van der Waals surface area (Å²) in [6.45, 7) is 10.6. The van der Waals surface area contributed by atoms with Gasteiger partial charge in [0.05, 0.1) is 12.7 Å². The summed E-state index contributed by atoms with van der Waals surface area (Å²) in [5, 5.41) is 21.5. The molecule has 32 heavy (non-hydrogen) atoms. The topological polar surface area (TPSA) is 107 Å². The molecule has 3 rings (SSSR count). The predicted octanol–water partition coefficient (Wildman–Crippen LogP) is 0.803. The third-order valence-corrected chi connectivity index (χ3v) is 5.37. The minimum atomic E-state index is -1.06. The van der Waals surface area contributed by atoms with Gasteiger partial charge in [-0.3, -0.25) is 9.58 Å². The second kappa shape index (κ2) is 12.9. The monoisotopic (exact) mass is 557 g/mol. The van der Waals surface area contributed by atoms with Gasteiger partial charge in [-0.1, -0.05) is 0 Å². The molecule has 0 amide bonds. The Labute approximate surface area is 207 Å². The lowest BCUT2D eigenvalue weighted by Crippen LogP contribution is -2.47. The van der Waals surface area contributed by atoms with Gasteiger partial charge in [0.15, 0.2) is 5.96 Å². The average Bonchev–Trinajstić information content (AvgIpc) is 3.23. The van der Waals surface area contributed by atoms with E-state index >= 15 is 0 Å². The molecule has 1 atom stereocenters. The van der Waals surface area contributed by atoms with Crippen molar-refractivity contribution >= 4 is 35.9 Å². The standard InChI is InChI=1S/C21H35N9O.HI/c1-4-22-19(26-17-21(2,31)18-15-27-28(3)16-18)23-9-6-10-29-11-13-30(14-12-29)20-24-7-5-8-25-20;/h5,7-8,15-16,31H,4,6,9-14,17H2,1-3H3,(H2,22,23,26);1H. The van der Waals surface area contributed by atoms with Crippen molar-refractivity contribution in [3.63, 3.8) is 0 Å². The molecule has 1 aliphatic rings. The lowest BCUT2D eigenvalue weighted by Gasteiger charge is -2.34. The fourth-order valence-electron chi connectivity index (χ4n) is 3.50.